The first-order valence-corrected chi connectivity index (χ1v) is 19.9. The molecular formula is C38H52F2O5Si. The summed E-state index contributed by atoms with van der Waals surface area (Å²) < 4.78 is 41.6. The summed E-state index contributed by atoms with van der Waals surface area (Å²) in [4.78, 5) is 24.9. The number of hydrogen-bond donors (Lipinski definition) is 1. The molecule has 0 spiro atoms. The topological polar surface area (TPSA) is 72.8 Å². The van der Waals surface area contributed by atoms with Crippen LogP contribution in [0.4, 0.5) is 8.78 Å². The van der Waals surface area contributed by atoms with Gasteiger partial charge in [-0.15, -0.1) is 0 Å². The second kappa shape index (κ2) is 17.2. The van der Waals surface area contributed by atoms with Crippen molar-refractivity contribution in [2.75, 3.05) is 6.61 Å². The molecule has 46 heavy (non-hydrogen) atoms. The highest BCUT2D eigenvalue weighted by Crippen LogP contribution is 2.42. The number of aliphatic hydroxyl groups is 1. The lowest BCUT2D eigenvalue weighted by atomic mass is 9.75. The summed E-state index contributed by atoms with van der Waals surface area (Å²) in [6.07, 6.45) is 7.05. The van der Waals surface area contributed by atoms with Gasteiger partial charge >= 0.3 is 11.9 Å². The van der Waals surface area contributed by atoms with Gasteiger partial charge in [0.05, 0.1) is 8.07 Å². The van der Waals surface area contributed by atoms with Crippen molar-refractivity contribution in [3.05, 3.63) is 88.0 Å². The molecule has 0 heterocycles. The van der Waals surface area contributed by atoms with Crippen molar-refractivity contribution in [3.8, 4) is 0 Å². The van der Waals surface area contributed by atoms with Gasteiger partial charge in [-0.1, -0.05) is 76.3 Å². The van der Waals surface area contributed by atoms with Gasteiger partial charge in [0, 0.05) is 17.8 Å². The molecule has 2 aromatic carbocycles. The Morgan fingerprint density at radius 3 is 1.89 bits per heavy atom. The van der Waals surface area contributed by atoms with Crippen molar-refractivity contribution in [1.29, 1.82) is 0 Å². The average molecular weight is 655 g/mol. The largest absolute Gasteiger partial charge is 0.457 e. The molecule has 0 aliphatic heterocycles. The predicted octanol–water partition coefficient (Wildman–Crippen LogP) is 8.68. The number of aryl methyl sites for hydroxylation is 1. The van der Waals surface area contributed by atoms with Gasteiger partial charge in [0.1, 0.15) is 13.2 Å². The van der Waals surface area contributed by atoms with Crippen LogP contribution in [0.1, 0.15) is 112 Å². The van der Waals surface area contributed by atoms with Crippen molar-refractivity contribution in [3.63, 3.8) is 0 Å². The van der Waals surface area contributed by atoms with E-state index >= 15 is 4.39 Å². The second-order valence-corrected chi connectivity index (χ2v) is 18.4. The zero-order valence-corrected chi connectivity index (χ0v) is 29.4. The van der Waals surface area contributed by atoms with Gasteiger partial charge in [0.2, 0.25) is 0 Å². The summed E-state index contributed by atoms with van der Waals surface area (Å²) >= 11 is 0. The first-order chi connectivity index (χ1) is 21.8. The molecular weight excluding hydrogens is 602 g/mol. The highest BCUT2D eigenvalue weighted by molar-refractivity contribution is 6.90. The number of rotatable bonds is 16. The number of carbonyl (C=O) groups is 2. The van der Waals surface area contributed by atoms with Gasteiger partial charge in [-0.3, -0.25) is 0 Å². The van der Waals surface area contributed by atoms with Gasteiger partial charge in [-0.05, 0) is 104 Å². The van der Waals surface area contributed by atoms with Crippen LogP contribution in [0, 0.1) is 11.6 Å². The van der Waals surface area contributed by atoms with Crippen LogP contribution in [0.15, 0.2) is 48.6 Å². The van der Waals surface area contributed by atoms with Crippen LogP contribution in [0.5, 0.6) is 0 Å². The van der Waals surface area contributed by atoms with E-state index in [0.29, 0.717) is 48.0 Å². The minimum absolute atomic E-state index is 0.0519. The van der Waals surface area contributed by atoms with E-state index in [1.165, 1.54) is 0 Å². The molecule has 252 valence electrons. The van der Waals surface area contributed by atoms with E-state index in [-0.39, 0.29) is 31.7 Å². The number of unbranched alkanes of at least 4 members (excludes halogenated alkanes) is 2. The molecule has 0 amide bonds. The minimum Gasteiger partial charge on any atom is -0.457 e. The lowest BCUT2D eigenvalue weighted by Gasteiger charge is -2.33. The first-order valence-electron chi connectivity index (χ1n) is 16.7. The number of carbonyl (C=O) groups excluding carboxylic acids is 2. The molecule has 1 aliphatic rings. The highest BCUT2D eigenvalue weighted by Gasteiger charge is 2.32. The lowest BCUT2D eigenvalue weighted by molar-refractivity contribution is -0.140. The maximum absolute atomic E-state index is 15.3. The molecule has 1 aliphatic carbocycles. The smallest absolute Gasteiger partial charge is 0.333 e. The van der Waals surface area contributed by atoms with Crippen molar-refractivity contribution in [2.45, 2.75) is 123 Å². The molecule has 0 saturated heterocycles. The van der Waals surface area contributed by atoms with Crippen LogP contribution < -0.4 is 5.19 Å². The molecule has 0 unspecified atom stereocenters. The van der Waals surface area contributed by atoms with E-state index < -0.39 is 31.6 Å². The number of hydrogen-bond acceptors (Lipinski definition) is 5. The Morgan fingerprint density at radius 2 is 1.39 bits per heavy atom. The zero-order chi connectivity index (χ0) is 34.0. The average Bonchev–Trinajstić information content (AvgIpc) is 3.03. The Bertz CT molecular complexity index is 1360. The third-order valence-electron chi connectivity index (χ3n) is 9.26. The number of esters is 2. The number of halogens is 2. The Balaban J connectivity index is 1.95. The van der Waals surface area contributed by atoms with Crippen molar-refractivity contribution in [2.24, 2.45) is 0 Å². The Hall–Kier alpha value is -3.10. The first kappa shape index (κ1) is 37.4. The summed E-state index contributed by atoms with van der Waals surface area (Å²) in [6, 6.07) is 8.55. The number of ether oxygens (including phenoxy) is 2. The van der Waals surface area contributed by atoms with E-state index in [9.17, 15) is 19.1 Å². The summed E-state index contributed by atoms with van der Waals surface area (Å²) in [6.45, 7) is 17.3. The minimum atomic E-state index is -2.21. The molecule has 0 radical (unpaired) electrons. The molecule has 2 aromatic rings. The Morgan fingerprint density at radius 1 is 0.848 bits per heavy atom. The molecule has 1 saturated carbocycles. The summed E-state index contributed by atoms with van der Waals surface area (Å²) in [5, 5.41) is 10.7. The van der Waals surface area contributed by atoms with Gasteiger partial charge < -0.3 is 14.6 Å². The molecule has 1 fully saturated rings. The Kier molecular flexibility index (Phi) is 13.9. The second-order valence-electron chi connectivity index (χ2n) is 13.6. The van der Waals surface area contributed by atoms with Crippen LogP contribution in [0.2, 0.25) is 19.1 Å². The predicted molar refractivity (Wildman–Crippen MR) is 183 cm³/mol. The van der Waals surface area contributed by atoms with Gasteiger partial charge in [0.15, 0.2) is 11.6 Å². The summed E-state index contributed by atoms with van der Waals surface area (Å²) in [7, 11) is -2.21. The quantitative estimate of drug-likeness (QED) is 0.0849. The fourth-order valence-electron chi connectivity index (χ4n) is 6.72. The van der Waals surface area contributed by atoms with Gasteiger partial charge in [0.25, 0.3) is 0 Å². The fourth-order valence-corrected chi connectivity index (χ4v) is 10.0. The molecule has 1 N–H and O–H groups in total. The third-order valence-corrected chi connectivity index (χ3v) is 12.9. The SMILES string of the molecule is C=C(C)C(=O)OCc1cc(C2CCC(c3ccc(CCCCC)c(F)c3F)CC2)cc(COC(=O)C(=C)C)c1[Si](C)(C)CCCO. The third kappa shape index (κ3) is 9.71. The maximum atomic E-state index is 15.3. The molecule has 5 nitrogen and oxygen atoms in total. The number of benzene rings is 2. The zero-order valence-electron chi connectivity index (χ0n) is 28.4. The van der Waals surface area contributed by atoms with Crippen LogP contribution in [0.3, 0.4) is 0 Å². The van der Waals surface area contributed by atoms with Crippen LogP contribution in [0.25, 0.3) is 0 Å². The fraction of sp³-hybridized carbons (Fsp3) is 0.526. The molecule has 0 atom stereocenters. The standard InChI is InChI=1S/C38H52F2O5Si/c1-8-9-10-12-29-17-18-33(35(40)34(29)39)28-15-13-27(14-16-28)30-21-31(23-44-37(42)25(2)3)36(46(6,7)20-11-19-41)32(22-30)24-45-38(43)26(4)5/h17-18,21-22,27-28,41H,2,4,8-16,19-20,23-24H2,1,3,5-7H3. The van der Waals surface area contributed by atoms with Crippen LogP contribution >= 0.6 is 0 Å². The van der Waals surface area contributed by atoms with E-state index in [1.807, 2.05) is 0 Å². The van der Waals surface area contributed by atoms with Crippen LogP contribution in [-0.2, 0) is 38.7 Å². The highest BCUT2D eigenvalue weighted by atomic mass is 28.3. The molecule has 0 bridgehead atoms. The summed E-state index contributed by atoms with van der Waals surface area (Å²) in [5.41, 5.74) is 4.32. The molecule has 0 aromatic heterocycles. The lowest BCUT2D eigenvalue weighted by Crippen LogP contribution is -2.46. The number of aliphatic hydroxyl groups excluding tert-OH is 1. The van der Waals surface area contributed by atoms with Crippen molar-refractivity contribution >= 4 is 25.2 Å². The van der Waals surface area contributed by atoms with Gasteiger partial charge in [-0.2, -0.15) is 0 Å². The van der Waals surface area contributed by atoms with E-state index in [2.05, 4.69) is 45.3 Å². The normalized spacial score (nSPS) is 16.6. The van der Waals surface area contributed by atoms with Gasteiger partial charge in [-0.25, -0.2) is 18.4 Å². The van der Waals surface area contributed by atoms with E-state index in [1.54, 1.807) is 26.0 Å². The molecule has 8 heteroatoms. The van der Waals surface area contributed by atoms with E-state index in [0.717, 1.165) is 60.0 Å². The van der Waals surface area contributed by atoms with E-state index in [4.69, 9.17) is 9.47 Å². The maximum Gasteiger partial charge on any atom is 0.333 e. The van der Waals surface area contributed by atoms with Crippen molar-refractivity contribution in [1.82, 2.24) is 0 Å². The van der Waals surface area contributed by atoms with Crippen molar-refractivity contribution < 1.29 is 33.0 Å². The summed E-state index contributed by atoms with van der Waals surface area (Å²) in [5.74, 6) is -2.28. The monoisotopic (exact) mass is 654 g/mol. The molecule has 3 rings (SSSR count). The Labute approximate surface area is 275 Å². The van der Waals surface area contributed by atoms with Crippen LogP contribution in [-0.4, -0.2) is 31.7 Å².